The molecule has 1 heterocycles. The van der Waals surface area contributed by atoms with Crippen LogP contribution >= 0.6 is 0 Å². The molecule has 1 saturated heterocycles. The third-order valence-electron chi connectivity index (χ3n) is 4.13. The molecule has 1 N–H and O–H groups in total. The number of aromatic carboxylic acids is 1. The molecule has 3 nitrogen and oxygen atoms in total. The molecule has 0 aliphatic carbocycles. The van der Waals surface area contributed by atoms with Crippen molar-refractivity contribution < 1.29 is 23.1 Å². The molecule has 21 heavy (non-hydrogen) atoms. The minimum absolute atomic E-state index is 0.179. The van der Waals surface area contributed by atoms with Crippen molar-refractivity contribution in [2.75, 3.05) is 6.54 Å². The van der Waals surface area contributed by atoms with Crippen LogP contribution in [0.5, 0.6) is 0 Å². The van der Waals surface area contributed by atoms with Gasteiger partial charge in [-0.15, -0.1) is 0 Å². The number of piperidine rings is 1. The van der Waals surface area contributed by atoms with Crippen LogP contribution in [0.3, 0.4) is 0 Å². The number of carbonyl (C=O) groups is 1. The van der Waals surface area contributed by atoms with E-state index in [2.05, 4.69) is 0 Å². The summed E-state index contributed by atoms with van der Waals surface area (Å²) in [5, 5.41) is 8.83. The van der Waals surface area contributed by atoms with Gasteiger partial charge in [-0.25, -0.2) is 4.79 Å². The van der Waals surface area contributed by atoms with Crippen LogP contribution in [0.15, 0.2) is 24.3 Å². The summed E-state index contributed by atoms with van der Waals surface area (Å²) in [6, 6.07) is 5.72. The van der Waals surface area contributed by atoms with Gasteiger partial charge in [-0.2, -0.15) is 13.2 Å². The molecule has 2 rings (SSSR count). The molecular formula is C15H18F3NO2. The predicted molar refractivity (Wildman–Crippen MR) is 72.1 cm³/mol. The number of benzene rings is 1. The Morgan fingerprint density at radius 1 is 1.33 bits per heavy atom. The van der Waals surface area contributed by atoms with E-state index in [9.17, 15) is 18.0 Å². The van der Waals surface area contributed by atoms with Crippen LogP contribution in [0, 0.1) is 5.92 Å². The van der Waals surface area contributed by atoms with E-state index in [1.165, 1.54) is 12.1 Å². The standard InChI is InChI=1S/C15H18F3NO2/c1-10-13(15(16,17)18)3-2-8-19(10)9-11-4-6-12(7-5-11)14(20)21/h4-7,10,13H,2-3,8-9H2,1H3,(H,20,21). The van der Waals surface area contributed by atoms with E-state index in [-0.39, 0.29) is 12.0 Å². The molecule has 2 unspecified atom stereocenters. The van der Waals surface area contributed by atoms with Gasteiger partial charge in [-0.05, 0) is 44.0 Å². The van der Waals surface area contributed by atoms with Crippen molar-refractivity contribution in [3.63, 3.8) is 0 Å². The van der Waals surface area contributed by atoms with Crippen molar-refractivity contribution in [3.05, 3.63) is 35.4 Å². The number of likely N-dealkylation sites (tertiary alicyclic amines) is 1. The summed E-state index contributed by atoms with van der Waals surface area (Å²) in [6.07, 6.45) is -3.45. The highest BCUT2D eigenvalue weighted by Crippen LogP contribution is 2.37. The zero-order valence-corrected chi connectivity index (χ0v) is 11.7. The van der Waals surface area contributed by atoms with E-state index in [1.54, 1.807) is 19.1 Å². The third kappa shape index (κ3) is 3.75. The average Bonchev–Trinajstić information content (AvgIpc) is 2.40. The van der Waals surface area contributed by atoms with Crippen molar-refractivity contribution in [2.24, 2.45) is 5.92 Å². The highest BCUT2D eigenvalue weighted by atomic mass is 19.4. The van der Waals surface area contributed by atoms with E-state index in [0.717, 1.165) is 5.56 Å². The number of rotatable bonds is 3. The summed E-state index contributed by atoms with van der Waals surface area (Å²) >= 11 is 0. The molecule has 0 bridgehead atoms. The lowest BCUT2D eigenvalue weighted by molar-refractivity contribution is -0.200. The molecule has 1 fully saturated rings. The van der Waals surface area contributed by atoms with Gasteiger partial charge in [0.15, 0.2) is 0 Å². The first-order chi connectivity index (χ1) is 9.79. The largest absolute Gasteiger partial charge is 0.478 e. The fourth-order valence-electron chi connectivity index (χ4n) is 2.86. The summed E-state index contributed by atoms with van der Waals surface area (Å²) in [7, 11) is 0. The van der Waals surface area contributed by atoms with Gasteiger partial charge in [0.1, 0.15) is 0 Å². The molecule has 1 aliphatic rings. The van der Waals surface area contributed by atoms with Gasteiger partial charge in [-0.3, -0.25) is 4.90 Å². The first-order valence-electron chi connectivity index (χ1n) is 6.92. The van der Waals surface area contributed by atoms with Crippen LogP contribution in [0.1, 0.15) is 35.7 Å². The molecule has 0 spiro atoms. The molecule has 6 heteroatoms. The average molecular weight is 301 g/mol. The van der Waals surface area contributed by atoms with Crippen molar-refractivity contribution in [3.8, 4) is 0 Å². The molecule has 1 aromatic carbocycles. The molecule has 0 saturated carbocycles. The Balaban J connectivity index is 2.06. The molecule has 116 valence electrons. The summed E-state index contributed by atoms with van der Waals surface area (Å²) in [5.41, 5.74) is 1.01. The number of hydrogen-bond donors (Lipinski definition) is 1. The minimum atomic E-state index is -4.16. The Bertz CT molecular complexity index is 499. The van der Waals surface area contributed by atoms with Crippen LogP contribution in [-0.4, -0.2) is 34.7 Å². The predicted octanol–water partition coefficient (Wildman–Crippen LogP) is 3.55. The lowest BCUT2D eigenvalue weighted by Crippen LogP contribution is -2.48. The number of halogens is 3. The summed E-state index contributed by atoms with van der Waals surface area (Å²) in [4.78, 5) is 12.6. The zero-order chi connectivity index (χ0) is 15.6. The molecule has 0 radical (unpaired) electrons. The molecular weight excluding hydrogens is 283 g/mol. The molecule has 2 atom stereocenters. The van der Waals surface area contributed by atoms with Crippen molar-refractivity contribution in [1.82, 2.24) is 4.90 Å². The number of nitrogens with zero attached hydrogens (tertiary/aromatic N) is 1. The van der Waals surface area contributed by atoms with Crippen molar-refractivity contribution in [1.29, 1.82) is 0 Å². The molecule has 0 amide bonds. The topological polar surface area (TPSA) is 40.5 Å². The Hall–Kier alpha value is -1.56. The fourth-order valence-corrected chi connectivity index (χ4v) is 2.86. The quantitative estimate of drug-likeness (QED) is 0.928. The normalized spacial score (nSPS) is 24.0. The van der Waals surface area contributed by atoms with E-state index >= 15 is 0 Å². The summed E-state index contributed by atoms with van der Waals surface area (Å²) < 4.78 is 38.9. The van der Waals surface area contributed by atoms with Crippen LogP contribution in [0.2, 0.25) is 0 Å². The van der Waals surface area contributed by atoms with Gasteiger partial charge in [0, 0.05) is 12.6 Å². The van der Waals surface area contributed by atoms with Gasteiger partial charge in [0.25, 0.3) is 0 Å². The van der Waals surface area contributed by atoms with Gasteiger partial charge < -0.3 is 5.11 Å². The number of hydrogen-bond acceptors (Lipinski definition) is 2. The number of carboxylic acids is 1. The number of carboxylic acid groups (broad SMARTS) is 1. The minimum Gasteiger partial charge on any atom is -0.478 e. The maximum atomic E-state index is 13.0. The van der Waals surface area contributed by atoms with Crippen LogP contribution in [0.25, 0.3) is 0 Å². The van der Waals surface area contributed by atoms with Crippen molar-refractivity contribution in [2.45, 2.75) is 38.5 Å². The van der Waals surface area contributed by atoms with E-state index in [1.807, 2.05) is 4.90 Å². The van der Waals surface area contributed by atoms with Crippen LogP contribution in [0.4, 0.5) is 13.2 Å². The maximum Gasteiger partial charge on any atom is 0.393 e. The Labute approximate surface area is 121 Å². The van der Waals surface area contributed by atoms with Crippen LogP contribution in [-0.2, 0) is 6.54 Å². The smallest absolute Gasteiger partial charge is 0.393 e. The van der Waals surface area contributed by atoms with E-state index in [4.69, 9.17) is 5.11 Å². The second-order valence-corrected chi connectivity index (χ2v) is 5.50. The molecule has 0 aromatic heterocycles. The van der Waals surface area contributed by atoms with E-state index < -0.39 is 24.1 Å². The highest BCUT2D eigenvalue weighted by Gasteiger charge is 2.46. The lowest BCUT2D eigenvalue weighted by atomic mass is 9.89. The van der Waals surface area contributed by atoms with Crippen LogP contribution < -0.4 is 0 Å². The van der Waals surface area contributed by atoms with Gasteiger partial charge >= 0.3 is 12.1 Å². The Morgan fingerprint density at radius 3 is 2.48 bits per heavy atom. The summed E-state index contributed by atoms with van der Waals surface area (Å²) in [6.45, 7) is 2.66. The van der Waals surface area contributed by atoms with Gasteiger partial charge in [-0.1, -0.05) is 12.1 Å². The second-order valence-electron chi connectivity index (χ2n) is 5.50. The first kappa shape index (κ1) is 15.8. The van der Waals surface area contributed by atoms with E-state index in [0.29, 0.717) is 19.5 Å². The fraction of sp³-hybridized carbons (Fsp3) is 0.533. The van der Waals surface area contributed by atoms with Gasteiger partial charge in [0.05, 0.1) is 11.5 Å². The Kier molecular flexibility index (Phi) is 4.56. The monoisotopic (exact) mass is 301 g/mol. The SMILES string of the molecule is CC1C(C(F)(F)F)CCCN1Cc1ccc(C(=O)O)cc1. The van der Waals surface area contributed by atoms with Gasteiger partial charge in [0.2, 0.25) is 0 Å². The summed E-state index contributed by atoms with van der Waals surface area (Å²) in [5.74, 6) is -2.30. The maximum absolute atomic E-state index is 13.0. The Morgan fingerprint density at radius 2 is 1.95 bits per heavy atom. The first-order valence-corrected chi connectivity index (χ1v) is 6.92. The molecule has 1 aliphatic heterocycles. The lowest BCUT2D eigenvalue weighted by Gasteiger charge is -2.40. The zero-order valence-electron chi connectivity index (χ0n) is 11.7. The second kappa shape index (κ2) is 6.05. The third-order valence-corrected chi connectivity index (χ3v) is 4.13. The number of alkyl halides is 3. The van der Waals surface area contributed by atoms with Crippen molar-refractivity contribution >= 4 is 5.97 Å². The highest BCUT2D eigenvalue weighted by molar-refractivity contribution is 5.87. The molecule has 1 aromatic rings.